The van der Waals surface area contributed by atoms with E-state index in [1.54, 1.807) is 4.90 Å². The fourth-order valence-corrected chi connectivity index (χ4v) is 0.760. The molecule has 0 atom stereocenters. The number of hydrogen-bond acceptors (Lipinski definition) is 8. The number of rotatable bonds is 6. The molecule has 0 aliphatic carbocycles. The van der Waals surface area contributed by atoms with Gasteiger partial charge in [-0.25, -0.2) is 4.79 Å². The molecule has 0 aromatic rings. The summed E-state index contributed by atoms with van der Waals surface area (Å²) in [6, 6.07) is -0.833. The van der Waals surface area contributed by atoms with Crippen LogP contribution >= 0.6 is 0 Å². The number of carbonyl (C=O) groups excluding carboxylic acids is 2. The average Bonchev–Trinajstić information content (AvgIpc) is 2.33. The van der Waals surface area contributed by atoms with Crippen LogP contribution in [0.25, 0.3) is 0 Å². The maximum absolute atomic E-state index is 9.00. The maximum atomic E-state index is 9.00. The SMILES string of the molecule is C=O.NC(N)=O.O=CO.OCCN(CCO)CCO.[Na+].[OH-]. The van der Waals surface area contributed by atoms with Crippen molar-refractivity contribution in [2.24, 2.45) is 11.5 Å². The molecule has 11 nitrogen and oxygen atoms in total. The normalized spacial score (nSPS) is 7.05. The van der Waals surface area contributed by atoms with Crippen LogP contribution in [0.5, 0.6) is 0 Å². The molecule has 0 heterocycles. The van der Waals surface area contributed by atoms with E-state index >= 15 is 0 Å². The van der Waals surface area contributed by atoms with E-state index in [1.807, 2.05) is 6.79 Å². The third-order valence-electron chi connectivity index (χ3n) is 1.25. The second kappa shape index (κ2) is 42.7. The molecule has 21 heavy (non-hydrogen) atoms. The number of urea groups is 1. The molecule has 9 N–H and O–H groups in total. The third kappa shape index (κ3) is 84.4. The predicted molar refractivity (Wildman–Crippen MR) is 69.2 cm³/mol. The minimum absolute atomic E-state index is 0. The van der Waals surface area contributed by atoms with Crippen molar-refractivity contribution in [3.05, 3.63) is 0 Å². The van der Waals surface area contributed by atoms with Gasteiger partial charge in [-0.05, 0) is 0 Å². The Balaban J connectivity index is -0.0000000434. The maximum Gasteiger partial charge on any atom is 1.00 e. The summed E-state index contributed by atoms with van der Waals surface area (Å²) in [5, 5.41) is 32.3. The molecule has 0 unspecified atom stereocenters. The van der Waals surface area contributed by atoms with Crippen molar-refractivity contribution in [1.82, 2.24) is 4.90 Å². The van der Waals surface area contributed by atoms with E-state index in [0.29, 0.717) is 19.6 Å². The Morgan fingerprint density at radius 3 is 1.24 bits per heavy atom. The molecule has 0 rings (SSSR count). The molecule has 0 radical (unpaired) electrons. The molecule has 12 heteroatoms. The zero-order valence-electron chi connectivity index (χ0n) is 12.1. The minimum Gasteiger partial charge on any atom is -0.870 e. The van der Waals surface area contributed by atoms with Crippen molar-refractivity contribution in [3.63, 3.8) is 0 Å². The molecular formula is C9H24N3NaO8. The van der Waals surface area contributed by atoms with Gasteiger partial charge in [0.25, 0.3) is 6.47 Å². The van der Waals surface area contributed by atoms with Gasteiger partial charge < -0.3 is 42.2 Å². The molecule has 0 aliphatic rings. The molecule has 0 aromatic carbocycles. The molecule has 2 amide bonds. The number of nitrogens with two attached hydrogens (primary N) is 2. The van der Waals surface area contributed by atoms with Gasteiger partial charge in [0.2, 0.25) is 0 Å². The van der Waals surface area contributed by atoms with Crippen LogP contribution in [0.2, 0.25) is 0 Å². The number of carbonyl (C=O) groups is 3. The summed E-state index contributed by atoms with van der Waals surface area (Å²) in [4.78, 5) is 27.2. The molecule has 0 aliphatic heterocycles. The van der Waals surface area contributed by atoms with Crippen LogP contribution in [0, 0.1) is 0 Å². The molecule has 124 valence electrons. The van der Waals surface area contributed by atoms with Gasteiger partial charge in [-0.3, -0.25) is 9.69 Å². The van der Waals surface area contributed by atoms with Crippen molar-refractivity contribution in [1.29, 1.82) is 0 Å². The second-order valence-corrected chi connectivity index (χ2v) is 2.52. The fourth-order valence-electron chi connectivity index (χ4n) is 0.760. The van der Waals surface area contributed by atoms with Crippen molar-refractivity contribution in [3.8, 4) is 0 Å². The van der Waals surface area contributed by atoms with E-state index in [0.717, 1.165) is 0 Å². The summed E-state index contributed by atoms with van der Waals surface area (Å²) < 4.78 is 0. The average molecular weight is 325 g/mol. The number of nitrogens with zero attached hydrogens (tertiary/aromatic N) is 1. The van der Waals surface area contributed by atoms with Crippen LogP contribution in [0.4, 0.5) is 4.79 Å². The van der Waals surface area contributed by atoms with Crippen LogP contribution < -0.4 is 41.0 Å². The smallest absolute Gasteiger partial charge is 0.870 e. The largest absolute Gasteiger partial charge is 1.00 e. The number of hydrogen-bond donors (Lipinski definition) is 6. The molecular weight excluding hydrogens is 301 g/mol. The second-order valence-electron chi connectivity index (χ2n) is 2.52. The number of primary amides is 2. The molecule has 0 saturated carbocycles. The molecule has 0 spiro atoms. The van der Waals surface area contributed by atoms with Gasteiger partial charge in [-0.1, -0.05) is 0 Å². The van der Waals surface area contributed by atoms with Gasteiger partial charge >= 0.3 is 35.6 Å². The van der Waals surface area contributed by atoms with Crippen LogP contribution in [0.15, 0.2) is 0 Å². The molecule has 0 fully saturated rings. The summed E-state index contributed by atoms with van der Waals surface area (Å²) in [5.74, 6) is 0. The van der Waals surface area contributed by atoms with Gasteiger partial charge in [-0.15, -0.1) is 0 Å². The number of carboxylic acid groups (broad SMARTS) is 1. The summed E-state index contributed by atoms with van der Waals surface area (Å²) >= 11 is 0. The van der Waals surface area contributed by atoms with Crippen molar-refractivity contribution in [2.45, 2.75) is 0 Å². The molecule has 0 saturated heterocycles. The Morgan fingerprint density at radius 1 is 1.00 bits per heavy atom. The topological polar surface area (TPSA) is 217 Å². The minimum atomic E-state index is -0.833. The van der Waals surface area contributed by atoms with Crippen molar-refractivity contribution in [2.75, 3.05) is 39.5 Å². The van der Waals surface area contributed by atoms with E-state index in [-0.39, 0.29) is 61.3 Å². The van der Waals surface area contributed by atoms with Crippen LogP contribution in [-0.2, 0) is 9.59 Å². The van der Waals surface area contributed by atoms with Gasteiger partial charge in [0, 0.05) is 19.6 Å². The number of aliphatic hydroxyl groups is 3. The Hall–Kier alpha value is -0.790. The molecule has 0 bridgehead atoms. The number of aliphatic hydroxyl groups excluding tert-OH is 3. The quantitative estimate of drug-likeness (QED) is 0.202. The zero-order chi connectivity index (χ0) is 16.1. The van der Waals surface area contributed by atoms with Crippen molar-refractivity contribution >= 4 is 19.3 Å². The fraction of sp³-hybridized carbons (Fsp3) is 0.667. The first-order valence-electron chi connectivity index (χ1n) is 4.96. The van der Waals surface area contributed by atoms with Gasteiger partial charge in [-0.2, -0.15) is 0 Å². The van der Waals surface area contributed by atoms with Gasteiger partial charge in [0.15, 0.2) is 0 Å². The first kappa shape index (κ1) is 36.9. The van der Waals surface area contributed by atoms with Crippen LogP contribution in [0.1, 0.15) is 0 Å². The predicted octanol–water partition coefficient (Wildman–Crippen LogP) is -6.37. The Labute approximate surface area is 145 Å². The Morgan fingerprint density at radius 2 is 1.14 bits per heavy atom. The number of amides is 2. The zero-order valence-corrected chi connectivity index (χ0v) is 14.1. The first-order valence-corrected chi connectivity index (χ1v) is 4.96. The van der Waals surface area contributed by atoms with E-state index in [4.69, 9.17) is 34.8 Å². The summed E-state index contributed by atoms with van der Waals surface area (Å²) in [6.07, 6.45) is 0. The molecule has 0 aromatic heterocycles. The van der Waals surface area contributed by atoms with E-state index in [9.17, 15) is 0 Å². The third-order valence-corrected chi connectivity index (χ3v) is 1.25. The van der Waals surface area contributed by atoms with E-state index < -0.39 is 6.03 Å². The summed E-state index contributed by atoms with van der Waals surface area (Å²) in [7, 11) is 0. The van der Waals surface area contributed by atoms with E-state index in [1.165, 1.54) is 0 Å². The van der Waals surface area contributed by atoms with Crippen LogP contribution in [-0.4, -0.2) is 89.5 Å². The standard InChI is InChI=1S/C6H15NO3.CH4N2O.CH2O2.CH2O.Na.H2O/c8-4-1-7(2-5-9)3-6-10;2-1(3)4;2-1-3;1-2;;/h8-10H,1-6H2;(H4,2,3,4);1H,(H,2,3);1H2;;1H2/q;;;;+1;/p-1. The van der Waals surface area contributed by atoms with E-state index in [2.05, 4.69) is 11.5 Å². The summed E-state index contributed by atoms with van der Waals surface area (Å²) in [6.45, 7) is 3.50. The van der Waals surface area contributed by atoms with Gasteiger partial charge in [0.1, 0.15) is 6.79 Å². The van der Waals surface area contributed by atoms with Crippen molar-refractivity contribution < 1.29 is 69.8 Å². The van der Waals surface area contributed by atoms with Gasteiger partial charge in [0.05, 0.1) is 19.8 Å². The van der Waals surface area contributed by atoms with Crippen LogP contribution in [0.3, 0.4) is 0 Å². The Bertz CT molecular complexity index is 172. The monoisotopic (exact) mass is 325 g/mol. The first-order chi connectivity index (χ1) is 8.99. The Kier molecular flexibility index (Phi) is 75.2. The summed E-state index contributed by atoms with van der Waals surface area (Å²) in [5.41, 5.74) is 8.50.